The molecule has 82 valence electrons. The first-order valence-corrected chi connectivity index (χ1v) is 5.51. The highest BCUT2D eigenvalue weighted by molar-refractivity contribution is 9.10. The summed E-state index contributed by atoms with van der Waals surface area (Å²) in [6, 6.07) is 1.45. The Morgan fingerprint density at radius 3 is 2.87 bits per heavy atom. The molecule has 1 heterocycles. The van der Waals surface area contributed by atoms with E-state index in [2.05, 4.69) is 31.5 Å². The van der Waals surface area contributed by atoms with E-state index in [4.69, 9.17) is 11.6 Å². The molecule has 15 heavy (non-hydrogen) atoms. The van der Waals surface area contributed by atoms with E-state index in [0.29, 0.717) is 15.3 Å². The van der Waals surface area contributed by atoms with Crippen molar-refractivity contribution < 1.29 is 4.79 Å². The van der Waals surface area contributed by atoms with Gasteiger partial charge >= 0.3 is 0 Å². The van der Waals surface area contributed by atoms with Crippen LogP contribution < -0.4 is 10.6 Å². The Balaban J connectivity index is 2.73. The molecule has 0 aliphatic carbocycles. The summed E-state index contributed by atoms with van der Waals surface area (Å²) in [5, 5.41) is 5.92. The molecule has 0 aliphatic rings. The maximum Gasteiger partial charge on any atom is 0.241 e. The zero-order valence-electron chi connectivity index (χ0n) is 8.34. The van der Waals surface area contributed by atoms with Crippen molar-refractivity contribution in [3.8, 4) is 0 Å². The molecule has 1 atom stereocenters. The number of likely N-dealkylation sites (N-methyl/N-ethyl adjacent to an activating group) is 1. The summed E-state index contributed by atoms with van der Waals surface area (Å²) in [6.45, 7) is 1.77. The Hall–Kier alpha value is -0.650. The van der Waals surface area contributed by atoms with Gasteiger partial charge in [-0.15, -0.1) is 0 Å². The lowest BCUT2D eigenvalue weighted by molar-refractivity contribution is -0.117. The minimum absolute atomic E-state index is 0.117. The zero-order chi connectivity index (χ0) is 11.4. The van der Waals surface area contributed by atoms with Gasteiger partial charge in [0.1, 0.15) is 5.15 Å². The van der Waals surface area contributed by atoms with Gasteiger partial charge in [-0.3, -0.25) is 4.79 Å². The molecule has 0 fully saturated rings. The summed E-state index contributed by atoms with van der Waals surface area (Å²) >= 11 is 8.95. The Labute approximate surface area is 102 Å². The van der Waals surface area contributed by atoms with Crippen LogP contribution in [0.1, 0.15) is 6.92 Å². The number of halogens is 2. The number of carbonyl (C=O) groups is 1. The van der Waals surface area contributed by atoms with E-state index in [0.717, 1.165) is 0 Å². The highest BCUT2D eigenvalue weighted by Gasteiger charge is 2.10. The van der Waals surface area contributed by atoms with E-state index in [1.165, 1.54) is 6.20 Å². The Bertz CT molecular complexity index is 372. The predicted molar refractivity (Wildman–Crippen MR) is 64.1 cm³/mol. The summed E-state index contributed by atoms with van der Waals surface area (Å²) in [5.41, 5.74) is 0.610. The zero-order valence-corrected chi connectivity index (χ0v) is 10.7. The normalized spacial score (nSPS) is 12.3. The summed E-state index contributed by atoms with van der Waals surface area (Å²) in [6.07, 6.45) is 1.51. The number of rotatable bonds is 3. The molecule has 0 aliphatic heterocycles. The van der Waals surface area contributed by atoms with Gasteiger partial charge in [0.05, 0.1) is 22.4 Å². The number of amides is 1. The van der Waals surface area contributed by atoms with Crippen LogP contribution in [0.2, 0.25) is 5.15 Å². The Kier molecular flexibility index (Phi) is 4.50. The van der Waals surface area contributed by atoms with E-state index in [1.807, 2.05) is 0 Å². The summed E-state index contributed by atoms with van der Waals surface area (Å²) < 4.78 is 0.652. The van der Waals surface area contributed by atoms with Crippen LogP contribution in [0.25, 0.3) is 0 Å². The van der Waals surface area contributed by atoms with Gasteiger partial charge in [-0.2, -0.15) is 0 Å². The largest absolute Gasteiger partial charge is 0.323 e. The van der Waals surface area contributed by atoms with Crippen LogP contribution in [0.15, 0.2) is 16.7 Å². The van der Waals surface area contributed by atoms with Crippen LogP contribution in [-0.2, 0) is 4.79 Å². The SMILES string of the molecule is CNC(C)C(=O)Nc1cnc(Cl)c(Br)c1. The molecule has 0 bridgehead atoms. The van der Waals surface area contributed by atoms with Crippen LogP contribution in [-0.4, -0.2) is 24.0 Å². The Morgan fingerprint density at radius 2 is 2.33 bits per heavy atom. The molecule has 0 aromatic carbocycles. The fourth-order valence-corrected chi connectivity index (χ4v) is 1.32. The van der Waals surface area contributed by atoms with Crippen LogP contribution in [0.4, 0.5) is 5.69 Å². The maximum absolute atomic E-state index is 11.5. The van der Waals surface area contributed by atoms with Crippen molar-refractivity contribution in [3.63, 3.8) is 0 Å². The van der Waals surface area contributed by atoms with E-state index >= 15 is 0 Å². The molecular weight excluding hydrogens is 281 g/mol. The lowest BCUT2D eigenvalue weighted by Crippen LogP contribution is -2.35. The Morgan fingerprint density at radius 1 is 1.67 bits per heavy atom. The second-order valence-electron chi connectivity index (χ2n) is 3.00. The molecule has 1 rings (SSSR count). The number of carbonyl (C=O) groups excluding carboxylic acids is 1. The molecule has 4 nitrogen and oxygen atoms in total. The van der Waals surface area contributed by atoms with E-state index in [-0.39, 0.29) is 11.9 Å². The first-order valence-electron chi connectivity index (χ1n) is 4.33. The highest BCUT2D eigenvalue weighted by atomic mass is 79.9. The van der Waals surface area contributed by atoms with Crippen molar-refractivity contribution in [3.05, 3.63) is 21.9 Å². The van der Waals surface area contributed by atoms with Gasteiger partial charge in [0.15, 0.2) is 0 Å². The van der Waals surface area contributed by atoms with Crippen LogP contribution in [0, 0.1) is 0 Å². The summed E-state index contributed by atoms with van der Waals surface area (Å²) in [7, 11) is 1.72. The second-order valence-corrected chi connectivity index (χ2v) is 4.21. The molecule has 0 saturated heterocycles. The van der Waals surface area contributed by atoms with Gasteiger partial charge in [-0.25, -0.2) is 4.98 Å². The minimum Gasteiger partial charge on any atom is -0.323 e. The third-order valence-electron chi connectivity index (χ3n) is 1.89. The fraction of sp³-hybridized carbons (Fsp3) is 0.333. The molecule has 1 unspecified atom stereocenters. The molecule has 1 aromatic heterocycles. The van der Waals surface area contributed by atoms with Crippen molar-refractivity contribution >= 4 is 39.1 Å². The van der Waals surface area contributed by atoms with Crippen molar-refractivity contribution in [2.45, 2.75) is 13.0 Å². The van der Waals surface area contributed by atoms with Gasteiger partial charge in [-0.05, 0) is 36.0 Å². The van der Waals surface area contributed by atoms with E-state index < -0.39 is 0 Å². The van der Waals surface area contributed by atoms with Crippen LogP contribution >= 0.6 is 27.5 Å². The second kappa shape index (κ2) is 5.44. The molecular formula is C9H11BrClN3O. The lowest BCUT2D eigenvalue weighted by Gasteiger charge is -2.10. The lowest BCUT2D eigenvalue weighted by atomic mass is 10.3. The first kappa shape index (κ1) is 12.4. The average Bonchev–Trinajstić information content (AvgIpc) is 2.22. The molecule has 2 N–H and O–H groups in total. The average molecular weight is 293 g/mol. The third-order valence-corrected chi connectivity index (χ3v) is 3.02. The number of hydrogen-bond acceptors (Lipinski definition) is 3. The molecule has 6 heteroatoms. The van der Waals surface area contributed by atoms with E-state index in [1.54, 1.807) is 20.0 Å². The standard InChI is InChI=1S/C9H11BrClN3O/c1-5(12-2)9(15)14-6-3-7(10)8(11)13-4-6/h3-5,12H,1-2H3,(H,14,15). The maximum atomic E-state index is 11.5. The molecule has 0 radical (unpaired) electrons. The van der Waals surface area contributed by atoms with Gasteiger partial charge < -0.3 is 10.6 Å². The number of anilines is 1. The highest BCUT2D eigenvalue weighted by Crippen LogP contribution is 2.22. The third kappa shape index (κ3) is 3.44. The topological polar surface area (TPSA) is 54.0 Å². The summed E-state index contributed by atoms with van der Waals surface area (Å²) in [4.78, 5) is 15.4. The van der Waals surface area contributed by atoms with Crippen LogP contribution in [0.5, 0.6) is 0 Å². The number of aromatic nitrogens is 1. The minimum atomic E-state index is -0.251. The first-order chi connectivity index (χ1) is 7.04. The number of pyridine rings is 1. The number of nitrogens with one attached hydrogen (secondary N) is 2. The smallest absolute Gasteiger partial charge is 0.241 e. The van der Waals surface area contributed by atoms with Crippen molar-refractivity contribution in [1.82, 2.24) is 10.3 Å². The van der Waals surface area contributed by atoms with Crippen molar-refractivity contribution in [2.75, 3.05) is 12.4 Å². The number of hydrogen-bond donors (Lipinski definition) is 2. The predicted octanol–water partition coefficient (Wildman–Crippen LogP) is 2.04. The fourth-order valence-electron chi connectivity index (χ4n) is 0.871. The van der Waals surface area contributed by atoms with Crippen molar-refractivity contribution in [1.29, 1.82) is 0 Å². The molecule has 1 aromatic rings. The molecule has 0 saturated carbocycles. The van der Waals surface area contributed by atoms with Gasteiger partial charge in [0.25, 0.3) is 0 Å². The van der Waals surface area contributed by atoms with Gasteiger partial charge in [-0.1, -0.05) is 11.6 Å². The number of nitrogens with zero attached hydrogens (tertiary/aromatic N) is 1. The van der Waals surface area contributed by atoms with E-state index in [9.17, 15) is 4.79 Å². The van der Waals surface area contributed by atoms with Crippen LogP contribution in [0.3, 0.4) is 0 Å². The summed E-state index contributed by atoms with van der Waals surface area (Å²) in [5.74, 6) is -0.117. The monoisotopic (exact) mass is 291 g/mol. The van der Waals surface area contributed by atoms with Crippen molar-refractivity contribution in [2.24, 2.45) is 0 Å². The van der Waals surface area contributed by atoms with Gasteiger partial charge in [0, 0.05) is 0 Å². The quantitative estimate of drug-likeness (QED) is 0.838. The molecule has 0 spiro atoms. The van der Waals surface area contributed by atoms with Gasteiger partial charge in [0.2, 0.25) is 5.91 Å². The molecule has 1 amide bonds.